The van der Waals surface area contributed by atoms with Crippen LogP contribution in [0.15, 0.2) is 25.3 Å². The predicted molar refractivity (Wildman–Crippen MR) is 38.5 cm³/mol. The van der Waals surface area contributed by atoms with Gasteiger partial charge in [-0.1, -0.05) is 13.2 Å². The summed E-state index contributed by atoms with van der Waals surface area (Å²) in [7, 11) is 0. The van der Waals surface area contributed by atoms with Gasteiger partial charge >= 0.3 is 5.97 Å². The van der Waals surface area contributed by atoms with Crippen molar-refractivity contribution in [2.45, 2.75) is 18.4 Å². The van der Waals surface area contributed by atoms with Crippen LogP contribution in [0.5, 0.6) is 0 Å². The summed E-state index contributed by atoms with van der Waals surface area (Å²) in [5.74, 6) is -0.364. The van der Waals surface area contributed by atoms with Crippen LogP contribution in [0.25, 0.3) is 0 Å². The van der Waals surface area contributed by atoms with Crippen molar-refractivity contribution >= 4 is 5.97 Å². The molecule has 1 aliphatic rings. The first-order chi connectivity index (χ1) is 4.72. The van der Waals surface area contributed by atoms with Crippen LogP contribution in [0.3, 0.4) is 0 Å². The van der Waals surface area contributed by atoms with Gasteiger partial charge in [0.15, 0.2) is 0 Å². The van der Waals surface area contributed by atoms with E-state index in [0.29, 0.717) is 0 Å². The molecule has 0 aromatic carbocycles. The number of hydrogen-bond acceptors (Lipinski definition) is 2. The Morgan fingerprint density at radius 2 is 2.10 bits per heavy atom. The molecule has 1 aliphatic carbocycles. The van der Waals surface area contributed by atoms with Gasteiger partial charge in [0, 0.05) is 6.08 Å². The number of carbonyl (C=O) groups is 1. The maximum atomic E-state index is 10.6. The molecule has 0 aliphatic heterocycles. The van der Waals surface area contributed by atoms with Gasteiger partial charge in [0.25, 0.3) is 0 Å². The summed E-state index contributed by atoms with van der Waals surface area (Å²) in [4.78, 5) is 10.6. The van der Waals surface area contributed by atoms with Crippen LogP contribution in [0.4, 0.5) is 0 Å². The van der Waals surface area contributed by atoms with Crippen LogP contribution in [0.1, 0.15) is 12.8 Å². The molecule has 2 nitrogen and oxygen atoms in total. The Kier molecular flexibility index (Phi) is 1.62. The quantitative estimate of drug-likeness (QED) is 0.335. The van der Waals surface area contributed by atoms with Crippen LogP contribution < -0.4 is 0 Å². The smallest absolute Gasteiger partial charge is 0.331 e. The summed E-state index contributed by atoms with van der Waals surface area (Å²) < 4.78 is 4.97. The van der Waals surface area contributed by atoms with E-state index in [0.717, 1.165) is 12.8 Å². The molecule has 54 valence electrons. The molecule has 1 saturated carbocycles. The number of ether oxygens (including phenoxy) is 1. The second-order valence-electron chi connectivity index (χ2n) is 2.39. The standard InChI is InChI=1S/C8H10O2/c1-3-7(9)10-8(4-2)5-6-8/h3-4H,1-2,5-6H2. The zero-order valence-electron chi connectivity index (χ0n) is 5.80. The van der Waals surface area contributed by atoms with Gasteiger partial charge < -0.3 is 4.74 Å². The number of rotatable bonds is 3. The van der Waals surface area contributed by atoms with E-state index in [2.05, 4.69) is 13.2 Å². The van der Waals surface area contributed by atoms with Crippen molar-refractivity contribution < 1.29 is 9.53 Å². The lowest BCUT2D eigenvalue weighted by Crippen LogP contribution is -2.14. The summed E-state index contributed by atoms with van der Waals surface area (Å²) in [6.45, 7) is 6.87. The third kappa shape index (κ3) is 1.26. The average Bonchev–Trinajstić information content (AvgIpc) is 2.70. The van der Waals surface area contributed by atoms with Gasteiger partial charge in [-0.05, 0) is 18.9 Å². The average molecular weight is 138 g/mol. The summed E-state index contributed by atoms with van der Waals surface area (Å²) in [6.07, 6.45) is 4.64. The van der Waals surface area contributed by atoms with Crippen LogP contribution in [-0.2, 0) is 9.53 Å². The molecule has 1 rings (SSSR count). The SMILES string of the molecule is C=CC(=O)OC1(C=C)CC1. The fourth-order valence-corrected chi connectivity index (χ4v) is 0.713. The van der Waals surface area contributed by atoms with Crippen molar-refractivity contribution in [1.82, 2.24) is 0 Å². The van der Waals surface area contributed by atoms with Gasteiger partial charge in [0.05, 0.1) is 0 Å². The van der Waals surface area contributed by atoms with E-state index in [1.165, 1.54) is 6.08 Å². The van der Waals surface area contributed by atoms with Crippen LogP contribution >= 0.6 is 0 Å². The third-order valence-electron chi connectivity index (χ3n) is 1.59. The van der Waals surface area contributed by atoms with Gasteiger partial charge in [-0.25, -0.2) is 4.79 Å². The highest BCUT2D eigenvalue weighted by Gasteiger charge is 2.43. The highest BCUT2D eigenvalue weighted by molar-refractivity contribution is 5.82. The summed E-state index contributed by atoms with van der Waals surface area (Å²) in [6, 6.07) is 0. The summed E-state index contributed by atoms with van der Waals surface area (Å²) >= 11 is 0. The summed E-state index contributed by atoms with van der Waals surface area (Å²) in [5.41, 5.74) is -0.342. The molecule has 0 spiro atoms. The molecule has 0 heterocycles. The first-order valence-corrected chi connectivity index (χ1v) is 3.21. The molecule has 1 fully saturated rings. The molecule has 0 aromatic heterocycles. The predicted octanol–water partition coefficient (Wildman–Crippen LogP) is 1.43. The lowest BCUT2D eigenvalue weighted by atomic mass is 10.3. The summed E-state index contributed by atoms with van der Waals surface area (Å²) in [5, 5.41) is 0. The van der Waals surface area contributed by atoms with Crippen molar-refractivity contribution in [2.75, 3.05) is 0 Å². The van der Waals surface area contributed by atoms with E-state index in [9.17, 15) is 4.79 Å². The minimum atomic E-state index is -0.364. The van der Waals surface area contributed by atoms with Gasteiger partial charge in [0.1, 0.15) is 5.60 Å². The maximum Gasteiger partial charge on any atom is 0.331 e. The fourth-order valence-electron chi connectivity index (χ4n) is 0.713. The van der Waals surface area contributed by atoms with Crippen molar-refractivity contribution in [3.05, 3.63) is 25.3 Å². The Hall–Kier alpha value is -1.05. The van der Waals surface area contributed by atoms with Gasteiger partial charge in [-0.2, -0.15) is 0 Å². The molecule has 0 saturated heterocycles. The second kappa shape index (κ2) is 2.29. The molecule has 2 heteroatoms. The minimum Gasteiger partial charge on any atom is -0.452 e. The third-order valence-corrected chi connectivity index (χ3v) is 1.59. The molecule has 0 amide bonds. The van der Waals surface area contributed by atoms with E-state index in [-0.39, 0.29) is 11.6 Å². The Bertz CT molecular complexity index is 178. The molecule has 0 bridgehead atoms. The lowest BCUT2D eigenvalue weighted by Gasteiger charge is -2.08. The Balaban J connectivity index is 2.44. The molecule has 0 aromatic rings. The minimum absolute atomic E-state index is 0.342. The van der Waals surface area contributed by atoms with Gasteiger partial charge in [0.2, 0.25) is 0 Å². The molecular formula is C8H10O2. The van der Waals surface area contributed by atoms with E-state index < -0.39 is 0 Å². The topological polar surface area (TPSA) is 26.3 Å². The highest BCUT2D eigenvalue weighted by atomic mass is 16.6. The van der Waals surface area contributed by atoms with Crippen LogP contribution in [0.2, 0.25) is 0 Å². The largest absolute Gasteiger partial charge is 0.452 e. The van der Waals surface area contributed by atoms with Crippen LogP contribution in [0, 0.1) is 0 Å². The van der Waals surface area contributed by atoms with E-state index >= 15 is 0 Å². The Labute approximate surface area is 60.2 Å². The monoisotopic (exact) mass is 138 g/mol. The number of esters is 1. The molecule has 0 radical (unpaired) electrons. The second-order valence-corrected chi connectivity index (χ2v) is 2.39. The van der Waals surface area contributed by atoms with E-state index in [4.69, 9.17) is 4.74 Å². The van der Waals surface area contributed by atoms with Crippen molar-refractivity contribution in [3.63, 3.8) is 0 Å². The van der Waals surface area contributed by atoms with E-state index in [1.54, 1.807) is 6.08 Å². The first kappa shape index (κ1) is 7.06. The molecule has 0 N–H and O–H groups in total. The maximum absolute atomic E-state index is 10.6. The molecule has 0 atom stereocenters. The van der Waals surface area contributed by atoms with Gasteiger partial charge in [-0.3, -0.25) is 0 Å². The normalized spacial score (nSPS) is 19.2. The van der Waals surface area contributed by atoms with Crippen LogP contribution in [-0.4, -0.2) is 11.6 Å². The first-order valence-electron chi connectivity index (χ1n) is 3.21. The molecular weight excluding hydrogens is 128 g/mol. The Morgan fingerprint density at radius 3 is 2.40 bits per heavy atom. The number of carbonyl (C=O) groups excluding carboxylic acids is 1. The molecule has 10 heavy (non-hydrogen) atoms. The number of hydrogen-bond donors (Lipinski definition) is 0. The van der Waals surface area contributed by atoms with Crippen molar-refractivity contribution in [3.8, 4) is 0 Å². The Morgan fingerprint density at radius 1 is 1.50 bits per heavy atom. The van der Waals surface area contributed by atoms with E-state index in [1.807, 2.05) is 0 Å². The van der Waals surface area contributed by atoms with Crippen molar-refractivity contribution in [2.24, 2.45) is 0 Å². The van der Waals surface area contributed by atoms with Crippen molar-refractivity contribution in [1.29, 1.82) is 0 Å². The molecule has 0 unspecified atom stereocenters. The fraction of sp³-hybridized carbons (Fsp3) is 0.375. The lowest BCUT2D eigenvalue weighted by molar-refractivity contribution is -0.142. The zero-order valence-corrected chi connectivity index (χ0v) is 5.80. The highest BCUT2D eigenvalue weighted by Crippen LogP contribution is 2.40. The zero-order chi connectivity index (χ0) is 7.61. The van der Waals surface area contributed by atoms with Gasteiger partial charge in [-0.15, -0.1) is 0 Å².